The number of amides is 2. The summed E-state index contributed by atoms with van der Waals surface area (Å²) in [6.45, 7) is 4.23. The van der Waals surface area contributed by atoms with Crippen LogP contribution < -0.4 is 16.0 Å². The molecule has 1 aliphatic heterocycles. The van der Waals surface area contributed by atoms with Crippen molar-refractivity contribution in [2.45, 2.75) is 69.4 Å². The monoisotopic (exact) mass is 504 g/mol. The van der Waals surface area contributed by atoms with Gasteiger partial charge in [-0.1, -0.05) is 50.1 Å². The van der Waals surface area contributed by atoms with Gasteiger partial charge in [-0.2, -0.15) is 0 Å². The van der Waals surface area contributed by atoms with Crippen molar-refractivity contribution in [2.75, 3.05) is 5.75 Å². The van der Waals surface area contributed by atoms with E-state index in [4.69, 9.17) is 11.6 Å². The lowest BCUT2D eigenvalue weighted by molar-refractivity contribution is -0.130. The molecule has 0 radical (unpaired) electrons. The van der Waals surface area contributed by atoms with Crippen molar-refractivity contribution in [1.29, 1.82) is 0 Å². The molecule has 1 saturated carbocycles. The van der Waals surface area contributed by atoms with Gasteiger partial charge < -0.3 is 15.2 Å². The van der Waals surface area contributed by atoms with Crippen LogP contribution in [0.15, 0.2) is 29.4 Å². The van der Waals surface area contributed by atoms with Gasteiger partial charge in [0.05, 0.1) is 18.1 Å². The second-order valence-corrected chi connectivity index (χ2v) is 11.0. The van der Waals surface area contributed by atoms with E-state index in [0.29, 0.717) is 28.1 Å². The molecule has 34 heavy (non-hydrogen) atoms. The molecule has 2 heterocycles. The highest BCUT2D eigenvalue weighted by atomic mass is 35.5. The SMILES string of the molecule is CC(C)CC(NC(=O)c1ccc(Cl)cc1)c1nnc(SCC2NC(=O)C3CCCCC3N2)n1C. The lowest BCUT2D eigenvalue weighted by Gasteiger charge is -2.40. The lowest BCUT2D eigenvalue weighted by atomic mass is 9.82. The second kappa shape index (κ2) is 11.1. The van der Waals surface area contributed by atoms with E-state index in [9.17, 15) is 9.59 Å². The number of hydrogen-bond donors (Lipinski definition) is 3. The van der Waals surface area contributed by atoms with Crippen molar-refractivity contribution >= 4 is 35.2 Å². The number of aromatic nitrogens is 3. The van der Waals surface area contributed by atoms with E-state index in [1.165, 1.54) is 6.42 Å². The normalized spacial score (nSPS) is 23.3. The maximum Gasteiger partial charge on any atom is 0.251 e. The first-order valence-corrected chi connectivity index (χ1v) is 13.3. The molecule has 10 heteroatoms. The predicted molar refractivity (Wildman–Crippen MR) is 134 cm³/mol. The average Bonchev–Trinajstić information content (AvgIpc) is 3.17. The lowest BCUT2D eigenvalue weighted by Crippen LogP contribution is -2.62. The summed E-state index contributed by atoms with van der Waals surface area (Å²) in [4.78, 5) is 25.4. The molecule has 0 spiro atoms. The number of fused-ring (bicyclic) bond motifs is 1. The van der Waals surface area contributed by atoms with Crippen molar-refractivity contribution < 1.29 is 9.59 Å². The zero-order chi connectivity index (χ0) is 24.2. The van der Waals surface area contributed by atoms with Gasteiger partial charge in [0.1, 0.15) is 0 Å². The highest BCUT2D eigenvalue weighted by Crippen LogP contribution is 2.29. The molecule has 3 N–H and O–H groups in total. The van der Waals surface area contributed by atoms with Crippen LogP contribution in [0.5, 0.6) is 0 Å². The highest BCUT2D eigenvalue weighted by molar-refractivity contribution is 7.99. The molecule has 4 unspecified atom stereocenters. The molecule has 1 aromatic heterocycles. The summed E-state index contributed by atoms with van der Waals surface area (Å²) >= 11 is 7.51. The summed E-state index contributed by atoms with van der Waals surface area (Å²) in [7, 11) is 1.92. The quantitative estimate of drug-likeness (QED) is 0.474. The van der Waals surface area contributed by atoms with E-state index in [1.54, 1.807) is 36.0 Å². The molecule has 2 amide bonds. The second-order valence-electron chi connectivity index (χ2n) is 9.60. The summed E-state index contributed by atoms with van der Waals surface area (Å²) in [5.41, 5.74) is 0.551. The van der Waals surface area contributed by atoms with Crippen LogP contribution in [0.2, 0.25) is 5.02 Å². The van der Waals surface area contributed by atoms with Gasteiger partial charge in [-0.15, -0.1) is 10.2 Å². The summed E-state index contributed by atoms with van der Waals surface area (Å²) < 4.78 is 1.94. The summed E-state index contributed by atoms with van der Waals surface area (Å²) in [5, 5.41) is 20.0. The Hall–Kier alpha value is -2.10. The first kappa shape index (κ1) is 25.0. The number of carbonyl (C=O) groups is 2. The van der Waals surface area contributed by atoms with Crippen LogP contribution in [-0.4, -0.2) is 44.5 Å². The van der Waals surface area contributed by atoms with Crippen molar-refractivity contribution in [3.8, 4) is 0 Å². The Labute approximate surface area is 210 Å². The third kappa shape index (κ3) is 5.93. The van der Waals surface area contributed by atoms with Gasteiger partial charge in [0.2, 0.25) is 5.91 Å². The number of benzene rings is 1. The first-order chi connectivity index (χ1) is 16.3. The van der Waals surface area contributed by atoms with Crippen LogP contribution in [0.3, 0.4) is 0 Å². The number of hydrogen-bond acceptors (Lipinski definition) is 6. The highest BCUT2D eigenvalue weighted by Gasteiger charge is 2.37. The minimum atomic E-state index is -0.273. The topological polar surface area (TPSA) is 101 Å². The third-order valence-corrected chi connectivity index (χ3v) is 7.88. The zero-order valence-corrected chi connectivity index (χ0v) is 21.5. The third-order valence-electron chi connectivity index (χ3n) is 6.51. The zero-order valence-electron chi connectivity index (χ0n) is 19.9. The minimum absolute atomic E-state index is 0.0898. The predicted octanol–water partition coefficient (Wildman–Crippen LogP) is 3.68. The van der Waals surface area contributed by atoms with E-state index in [2.05, 4.69) is 40.0 Å². The Balaban J connectivity index is 1.41. The Morgan fingerprint density at radius 3 is 2.71 bits per heavy atom. The molecule has 4 rings (SSSR count). The molecule has 1 saturated heterocycles. The molecule has 2 aromatic rings. The standard InChI is InChI=1S/C24H33ClN6O2S/c1-14(2)12-19(27-22(32)15-8-10-16(25)11-9-15)21-29-30-24(31(21)3)34-13-20-26-18-7-5-4-6-17(18)23(33)28-20/h8-11,14,17-20,26H,4-7,12-13H2,1-3H3,(H,27,32)(H,28,33). The number of thioether (sulfide) groups is 1. The molecule has 2 aliphatic rings. The van der Waals surface area contributed by atoms with Gasteiger partial charge in [0.15, 0.2) is 11.0 Å². The molecular formula is C24H33ClN6O2S. The van der Waals surface area contributed by atoms with Crippen LogP contribution in [0, 0.1) is 11.8 Å². The van der Waals surface area contributed by atoms with Crippen molar-refractivity contribution in [3.63, 3.8) is 0 Å². The molecule has 1 aromatic carbocycles. The van der Waals surface area contributed by atoms with Crippen LogP contribution in [0.4, 0.5) is 0 Å². The van der Waals surface area contributed by atoms with Gasteiger partial charge in [-0.05, 0) is 49.4 Å². The number of carbonyl (C=O) groups excluding carboxylic acids is 2. The van der Waals surface area contributed by atoms with E-state index in [0.717, 1.165) is 30.8 Å². The van der Waals surface area contributed by atoms with Gasteiger partial charge >= 0.3 is 0 Å². The average molecular weight is 505 g/mol. The first-order valence-electron chi connectivity index (χ1n) is 12.0. The smallest absolute Gasteiger partial charge is 0.251 e. The van der Waals surface area contributed by atoms with Crippen molar-refractivity contribution in [3.05, 3.63) is 40.7 Å². The number of halogens is 1. The number of nitrogens with zero attached hydrogens (tertiary/aromatic N) is 3. The Kier molecular flexibility index (Phi) is 8.16. The fraction of sp³-hybridized carbons (Fsp3) is 0.583. The summed E-state index contributed by atoms with van der Waals surface area (Å²) in [5.74, 6) is 1.81. The van der Waals surface area contributed by atoms with Gasteiger partial charge in [0, 0.05) is 29.4 Å². The fourth-order valence-electron chi connectivity index (χ4n) is 4.77. The molecule has 0 bridgehead atoms. The molecular weight excluding hydrogens is 472 g/mol. The van der Waals surface area contributed by atoms with Crippen LogP contribution in [0.25, 0.3) is 0 Å². The molecule has 4 atom stereocenters. The molecule has 8 nitrogen and oxygen atoms in total. The van der Waals surface area contributed by atoms with E-state index in [1.807, 2.05) is 11.6 Å². The van der Waals surface area contributed by atoms with Gasteiger partial charge in [-0.3, -0.25) is 14.9 Å². The van der Waals surface area contributed by atoms with Crippen molar-refractivity contribution in [1.82, 2.24) is 30.7 Å². The summed E-state index contributed by atoms with van der Waals surface area (Å²) in [6, 6.07) is 6.83. The van der Waals surface area contributed by atoms with Crippen LogP contribution in [0.1, 0.15) is 68.2 Å². The molecule has 184 valence electrons. The molecule has 1 aliphatic carbocycles. The number of nitrogens with one attached hydrogen (secondary N) is 3. The Morgan fingerprint density at radius 1 is 1.24 bits per heavy atom. The maximum atomic E-state index is 12.9. The van der Waals surface area contributed by atoms with Crippen LogP contribution >= 0.6 is 23.4 Å². The van der Waals surface area contributed by atoms with Crippen molar-refractivity contribution in [2.24, 2.45) is 18.9 Å². The van der Waals surface area contributed by atoms with Gasteiger partial charge in [-0.25, -0.2) is 0 Å². The molecule has 2 fully saturated rings. The largest absolute Gasteiger partial charge is 0.342 e. The van der Waals surface area contributed by atoms with E-state index < -0.39 is 0 Å². The Bertz CT molecular complexity index is 1010. The summed E-state index contributed by atoms with van der Waals surface area (Å²) in [6.07, 6.45) is 4.97. The fourth-order valence-corrected chi connectivity index (χ4v) is 5.78. The van der Waals surface area contributed by atoms with E-state index >= 15 is 0 Å². The Morgan fingerprint density at radius 2 is 1.97 bits per heavy atom. The maximum absolute atomic E-state index is 12.9. The minimum Gasteiger partial charge on any atom is -0.342 e. The van der Waals surface area contributed by atoms with Crippen LogP contribution in [-0.2, 0) is 11.8 Å². The van der Waals surface area contributed by atoms with E-state index in [-0.39, 0.29) is 36.0 Å². The number of rotatable bonds is 8. The van der Waals surface area contributed by atoms with Gasteiger partial charge in [0.25, 0.3) is 5.91 Å².